The minimum atomic E-state index is 0.0919. The standard InChI is InChI=1S/C16H24N2O/c1-4-11(2)13-5-7-14(8-6-13)18-16(19)15-10-17-9-12(15)3/h5-8,11-12,15,17H,4,9-10H2,1-3H3,(H,18,19)/t11?,12-,15-/m1/s1. The van der Waals surface area contributed by atoms with Gasteiger partial charge in [0.1, 0.15) is 0 Å². The zero-order valence-electron chi connectivity index (χ0n) is 12.1. The van der Waals surface area contributed by atoms with Crippen LogP contribution in [-0.4, -0.2) is 19.0 Å². The molecule has 0 aliphatic carbocycles. The topological polar surface area (TPSA) is 41.1 Å². The van der Waals surface area contributed by atoms with Crippen molar-refractivity contribution in [3.05, 3.63) is 29.8 Å². The number of nitrogens with one attached hydrogen (secondary N) is 2. The van der Waals surface area contributed by atoms with Crippen LogP contribution >= 0.6 is 0 Å². The molecule has 19 heavy (non-hydrogen) atoms. The summed E-state index contributed by atoms with van der Waals surface area (Å²) in [6, 6.07) is 8.24. The van der Waals surface area contributed by atoms with Crippen LogP contribution in [0.15, 0.2) is 24.3 Å². The van der Waals surface area contributed by atoms with E-state index in [0.717, 1.165) is 25.2 Å². The second-order valence-electron chi connectivity index (χ2n) is 5.66. The van der Waals surface area contributed by atoms with Crippen LogP contribution in [0.1, 0.15) is 38.7 Å². The lowest BCUT2D eigenvalue weighted by Gasteiger charge is -2.15. The van der Waals surface area contributed by atoms with Gasteiger partial charge in [0.2, 0.25) is 5.91 Å². The van der Waals surface area contributed by atoms with Gasteiger partial charge in [-0.15, -0.1) is 0 Å². The summed E-state index contributed by atoms with van der Waals surface area (Å²) in [7, 11) is 0. The molecular formula is C16H24N2O. The molecule has 1 aliphatic heterocycles. The van der Waals surface area contributed by atoms with Gasteiger partial charge in [-0.1, -0.05) is 32.9 Å². The largest absolute Gasteiger partial charge is 0.326 e. The van der Waals surface area contributed by atoms with Crippen LogP contribution in [0.5, 0.6) is 0 Å². The molecular weight excluding hydrogens is 236 g/mol. The quantitative estimate of drug-likeness (QED) is 0.874. The predicted molar refractivity (Wildman–Crippen MR) is 79.3 cm³/mol. The first-order chi connectivity index (χ1) is 9.11. The fraction of sp³-hybridized carbons (Fsp3) is 0.562. The SMILES string of the molecule is CCC(C)c1ccc(NC(=O)[C@@H]2CNC[C@H]2C)cc1. The van der Waals surface area contributed by atoms with Crippen LogP contribution in [0, 0.1) is 11.8 Å². The van der Waals surface area contributed by atoms with E-state index in [1.807, 2.05) is 12.1 Å². The molecule has 2 rings (SSSR count). The number of hydrogen-bond donors (Lipinski definition) is 2. The molecule has 1 saturated heterocycles. The summed E-state index contributed by atoms with van der Waals surface area (Å²) in [4.78, 5) is 12.1. The summed E-state index contributed by atoms with van der Waals surface area (Å²) in [6.45, 7) is 8.26. The molecule has 0 bridgehead atoms. The fourth-order valence-corrected chi connectivity index (χ4v) is 2.53. The van der Waals surface area contributed by atoms with Crippen molar-refractivity contribution in [2.45, 2.75) is 33.1 Å². The summed E-state index contributed by atoms with van der Waals surface area (Å²) >= 11 is 0. The Labute approximate surface area is 115 Å². The summed E-state index contributed by atoms with van der Waals surface area (Å²) < 4.78 is 0. The van der Waals surface area contributed by atoms with Crippen LogP contribution in [-0.2, 0) is 4.79 Å². The number of carbonyl (C=O) groups is 1. The van der Waals surface area contributed by atoms with E-state index < -0.39 is 0 Å². The van der Waals surface area contributed by atoms with Crippen LogP contribution in [0.2, 0.25) is 0 Å². The molecule has 1 heterocycles. The van der Waals surface area contributed by atoms with Gasteiger partial charge >= 0.3 is 0 Å². The monoisotopic (exact) mass is 260 g/mol. The molecule has 104 valence electrons. The van der Waals surface area contributed by atoms with Crippen molar-refractivity contribution in [2.24, 2.45) is 11.8 Å². The Morgan fingerprint density at radius 3 is 2.58 bits per heavy atom. The molecule has 1 aliphatic rings. The van der Waals surface area contributed by atoms with Gasteiger partial charge in [0.25, 0.3) is 0 Å². The highest BCUT2D eigenvalue weighted by Gasteiger charge is 2.29. The summed E-state index contributed by atoms with van der Waals surface area (Å²) in [6.07, 6.45) is 1.14. The highest BCUT2D eigenvalue weighted by molar-refractivity contribution is 5.93. The predicted octanol–water partition coefficient (Wildman–Crippen LogP) is 2.99. The number of amides is 1. The Balaban J connectivity index is 1.97. The van der Waals surface area contributed by atoms with Crippen molar-refractivity contribution in [3.8, 4) is 0 Å². The maximum Gasteiger partial charge on any atom is 0.229 e. The van der Waals surface area contributed by atoms with Crippen molar-refractivity contribution < 1.29 is 4.79 Å². The molecule has 1 aromatic carbocycles. The van der Waals surface area contributed by atoms with Gasteiger partial charge in [0.05, 0.1) is 5.92 Å². The van der Waals surface area contributed by atoms with Gasteiger partial charge in [-0.25, -0.2) is 0 Å². The van der Waals surface area contributed by atoms with Crippen LogP contribution in [0.25, 0.3) is 0 Å². The van der Waals surface area contributed by atoms with Crippen molar-refractivity contribution in [3.63, 3.8) is 0 Å². The van der Waals surface area contributed by atoms with Gasteiger partial charge in [0.15, 0.2) is 0 Å². The maximum atomic E-state index is 12.1. The van der Waals surface area contributed by atoms with Crippen molar-refractivity contribution >= 4 is 11.6 Å². The Kier molecular flexibility index (Phi) is 4.59. The summed E-state index contributed by atoms with van der Waals surface area (Å²) in [5.74, 6) is 1.21. The van der Waals surface area contributed by atoms with Crippen LogP contribution in [0.3, 0.4) is 0 Å². The number of rotatable bonds is 4. The fourth-order valence-electron chi connectivity index (χ4n) is 2.53. The van der Waals surface area contributed by atoms with E-state index in [-0.39, 0.29) is 11.8 Å². The molecule has 1 unspecified atom stereocenters. The molecule has 1 amide bonds. The number of carbonyl (C=O) groups excluding carboxylic acids is 1. The molecule has 1 fully saturated rings. The summed E-state index contributed by atoms with van der Waals surface area (Å²) in [5, 5.41) is 6.28. The average molecular weight is 260 g/mol. The first-order valence-electron chi connectivity index (χ1n) is 7.23. The van der Waals surface area contributed by atoms with Crippen molar-refractivity contribution in [1.29, 1.82) is 0 Å². The Morgan fingerprint density at radius 1 is 1.37 bits per heavy atom. The molecule has 0 spiro atoms. The molecule has 0 aromatic heterocycles. The van der Waals surface area contributed by atoms with Gasteiger partial charge < -0.3 is 10.6 Å². The Hall–Kier alpha value is -1.35. The van der Waals surface area contributed by atoms with E-state index in [1.54, 1.807) is 0 Å². The zero-order valence-corrected chi connectivity index (χ0v) is 12.1. The molecule has 3 heteroatoms. The lowest BCUT2D eigenvalue weighted by molar-refractivity contribution is -0.120. The van der Waals surface area contributed by atoms with Gasteiger partial charge in [-0.05, 0) is 42.5 Å². The molecule has 2 N–H and O–H groups in total. The first kappa shape index (κ1) is 14.1. The third-order valence-corrected chi connectivity index (χ3v) is 4.21. The van der Waals surface area contributed by atoms with Crippen LogP contribution in [0.4, 0.5) is 5.69 Å². The maximum absolute atomic E-state index is 12.1. The molecule has 1 aromatic rings. The molecule has 0 radical (unpaired) electrons. The van der Waals surface area contributed by atoms with E-state index in [1.165, 1.54) is 5.56 Å². The Bertz CT molecular complexity index is 427. The van der Waals surface area contributed by atoms with E-state index in [9.17, 15) is 4.79 Å². The number of hydrogen-bond acceptors (Lipinski definition) is 2. The number of benzene rings is 1. The van der Waals surface area contributed by atoms with Crippen molar-refractivity contribution in [1.82, 2.24) is 5.32 Å². The van der Waals surface area contributed by atoms with Gasteiger partial charge in [0, 0.05) is 12.2 Å². The van der Waals surface area contributed by atoms with Crippen LogP contribution < -0.4 is 10.6 Å². The third-order valence-electron chi connectivity index (χ3n) is 4.21. The van der Waals surface area contributed by atoms with E-state index in [0.29, 0.717) is 11.8 Å². The lowest BCUT2D eigenvalue weighted by atomic mass is 9.96. The minimum Gasteiger partial charge on any atom is -0.326 e. The van der Waals surface area contributed by atoms with E-state index >= 15 is 0 Å². The highest BCUT2D eigenvalue weighted by atomic mass is 16.1. The van der Waals surface area contributed by atoms with E-state index in [2.05, 4.69) is 43.5 Å². The highest BCUT2D eigenvalue weighted by Crippen LogP contribution is 2.22. The lowest BCUT2D eigenvalue weighted by Crippen LogP contribution is -2.27. The Morgan fingerprint density at radius 2 is 2.05 bits per heavy atom. The second kappa shape index (κ2) is 6.20. The van der Waals surface area contributed by atoms with Gasteiger partial charge in [-0.2, -0.15) is 0 Å². The first-order valence-corrected chi connectivity index (χ1v) is 7.23. The molecule has 3 atom stereocenters. The van der Waals surface area contributed by atoms with Gasteiger partial charge in [-0.3, -0.25) is 4.79 Å². The minimum absolute atomic E-state index is 0.0919. The molecule has 0 saturated carbocycles. The zero-order chi connectivity index (χ0) is 13.8. The normalized spacial score (nSPS) is 24.2. The summed E-state index contributed by atoms with van der Waals surface area (Å²) in [5.41, 5.74) is 2.23. The second-order valence-corrected chi connectivity index (χ2v) is 5.66. The smallest absolute Gasteiger partial charge is 0.229 e. The number of anilines is 1. The average Bonchev–Trinajstić information content (AvgIpc) is 2.85. The van der Waals surface area contributed by atoms with E-state index in [4.69, 9.17) is 0 Å². The molecule has 3 nitrogen and oxygen atoms in total. The third kappa shape index (κ3) is 3.35. The van der Waals surface area contributed by atoms with Crippen molar-refractivity contribution in [2.75, 3.05) is 18.4 Å².